The lowest BCUT2D eigenvalue weighted by Crippen LogP contribution is -2.52. The van der Waals surface area contributed by atoms with Crippen molar-refractivity contribution < 1.29 is 22.7 Å². The molecule has 2 atom stereocenters. The SMILES string of the molecule is CCOc1ccc(N(CC(=O)N(Cc2ccc(C)cc2)[C@@H](C)C(=O)N[C@@H](C)CC)S(C)(=O)=O)cc1. The van der Waals surface area contributed by atoms with Gasteiger partial charge in [0.2, 0.25) is 21.8 Å². The molecule has 2 rings (SSSR count). The van der Waals surface area contributed by atoms with E-state index in [0.717, 1.165) is 28.1 Å². The summed E-state index contributed by atoms with van der Waals surface area (Å²) in [6.07, 6.45) is 1.81. The number of nitrogens with one attached hydrogen (secondary N) is 1. The summed E-state index contributed by atoms with van der Waals surface area (Å²) < 4.78 is 31.7. The summed E-state index contributed by atoms with van der Waals surface area (Å²) in [6, 6.07) is 13.4. The van der Waals surface area contributed by atoms with Gasteiger partial charge in [0.1, 0.15) is 18.3 Å². The Hall–Kier alpha value is -3.07. The summed E-state index contributed by atoms with van der Waals surface area (Å²) >= 11 is 0. The topological polar surface area (TPSA) is 96.0 Å². The van der Waals surface area contributed by atoms with Crippen molar-refractivity contribution in [1.29, 1.82) is 0 Å². The smallest absolute Gasteiger partial charge is 0.244 e. The van der Waals surface area contributed by atoms with Crippen LogP contribution in [0.2, 0.25) is 0 Å². The van der Waals surface area contributed by atoms with Crippen molar-refractivity contribution in [2.24, 2.45) is 0 Å². The van der Waals surface area contributed by atoms with Crippen LogP contribution in [0.4, 0.5) is 5.69 Å². The molecule has 0 aromatic heterocycles. The number of benzene rings is 2. The third kappa shape index (κ3) is 8.28. The quantitative estimate of drug-likeness (QED) is 0.478. The van der Waals surface area contributed by atoms with Gasteiger partial charge >= 0.3 is 0 Å². The third-order valence-electron chi connectivity index (χ3n) is 5.76. The van der Waals surface area contributed by atoms with Crippen LogP contribution in [0.3, 0.4) is 0 Å². The van der Waals surface area contributed by atoms with E-state index < -0.39 is 28.5 Å². The molecule has 0 aliphatic carbocycles. The van der Waals surface area contributed by atoms with Crippen molar-refractivity contribution in [1.82, 2.24) is 10.2 Å². The monoisotopic (exact) mass is 503 g/mol. The Balaban J connectivity index is 2.35. The summed E-state index contributed by atoms with van der Waals surface area (Å²) in [7, 11) is -3.77. The molecule has 0 unspecified atom stereocenters. The first-order valence-electron chi connectivity index (χ1n) is 11.8. The van der Waals surface area contributed by atoms with Gasteiger partial charge in [0.05, 0.1) is 18.6 Å². The minimum Gasteiger partial charge on any atom is -0.494 e. The van der Waals surface area contributed by atoms with E-state index in [0.29, 0.717) is 18.0 Å². The van der Waals surface area contributed by atoms with Crippen LogP contribution in [0.25, 0.3) is 0 Å². The van der Waals surface area contributed by atoms with Gasteiger partial charge in [-0.2, -0.15) is 0 Å². The molecule has 0 saturated carbocycles. The Bertz CT molecular complexity index is 1080. The largest absolute Gasteiger partial charge is 0.494 e. The molecule has 0 aliphatic heterocycles. The first kappa shape index (κ1) is 28.2. The first-order chi connectivity index (χ1) is 16.5. The predicted molar refractivity (Wildman–Crippen MR) is 139 cm³/mol. The Morgan fingerprint density at radius 2 is 1.60 bits per heavy atom. The van der Waals surface area contributed by atoms with Crippen LogP contribution >= 0.6 is 0 Å². The van der Waals surface area contributed by atoms with Crippen molar-refractivity contribution in [3.05, 3.63) is 59.7 Å². The van der Waals surface area contributed by atoms with Crippen molar-refractivity contribution in [2.75, 3.05) is 23.7 Å². The Morgan fingerprint density at radius 1 is 1.00 bits per heavy atom. The van der Waals surface area contributed by atoms with Gasteiger partial charge in [-0.1, -0.05) is 36.8 Å². The van der Waals surface area contributed by atoms with Gasteiger partial charge in [-0.3, -0.25) is 13.9 Å². The second-order valence-corrected chi connectivity index (χ2v) is 10.6. The highest BCUT2D eigenvalue weighted by atomic mass is 32.2. The number of nitrogens with zero attached hydrogens (tertiary/aromatic N) is 2. The number of sulfonamides is 1. The fourth-order valence-corrected chi connectivity index (χ4v) is 4.28. The maximum Gasteiger partial charge on any atom is 0.244 e. The van der Waals surface area contributed by atoms with Crippen LogP contribution in [0.15, 0.2) is 48.5 Å². The van der Waals surface area contributed by atoms with Crippen molar-refractivity contribution >= 4 is 27.5 Å². The number of rotatable bonds is 12. The lowest BCUT2D eigenvalue weighted by Gasteiger charge is -2.32. The third-order valence-corrected chi connectivity index (χ3v) is 6.90. The molecule has 35 heavy (non-hydrogen) atoms. The highest BCUT2D eigenvalue weighted by Crippen LogP contribution is 2.22. The van der Waals surface area contributed by atoms with E-state index in [1.807, 2.05) is 52.0 Å². The molecule has 0 aliphatic rings. The molecule has 2 amide bonds. The number of ether oxygens (including phenoxy) is 1. The molecule has 1 N–H and O–H groups in total. The summed E-state index contributed by atoms with van der Waals surface area (Å²) in [5, 5.41) is 2.91. The average molecular weight is 504 g/mol. The second kappa shape index (κ2) is 12.6. The number of carbonyl (C=O) groups excluding carboxylic acids is 2. The molecule has 8 nitrogen and oxygen atoms in total. The standard InChI is InChI=1S/C26H37N3O5S/c1-7-20(4)27-26(31)21(5)28(17-22-11-9-19(3)10-12-22)25(30)18-29(35(6,32)33)23-13-15-24(16-14-23)34-8-2/h9-16,20-21H,7-8,17-18H2,1-6H3,(H,27,31)/t20-,21-/m0/s1. The first-order valence-corrected chi connectivity index (χ1v) is 13.7. The molecule has 0 fully saturated rings. The normalized spacial score (nSPS) is 13.0. The molecule has 0 heterocycles. The number of aryl methyl sites for hydroxylation is 1. The molecule has 0 spiro atoms. The van der Waals surface area contributed by atoms with Crippen LogP contribution < -0.4 is 14.4 Å². The van der Waals surface area contributed by atoms with Gasteiger partial charge in [0.25, 0.3) is 0 Å². The van der Waals surface area contributed by atoms with E-state index in [-0.39, 0.29) is 18.5 Å². The fourth-order valence-electron chi connectivity index (χ4n) is 3.43. The van der Waals surface area contributed by atoms with E-state index >= 15 is 0 Å². The Kier molecular flexibility index (Phi) is 10.1. The van der Waals surface area contributed by atoms with E-state index in [4.69, 9.17) is 4.74 Å². The highest BCUT2D eigenvalue weighted by Gasteiger charge is 2.30. The molecular weight excluding hydrogens is 466 g/mol. The van der Waals surface area contributed by atoms with Gasteiger partial charge in [-0.05, 0) is 63.9 Å². The number of anilines is 1. The molecule has 9 heteroatoms. The maximum atomic E-state index is 13.5. The Morgan fingerprint density at radius 3 is 2.11 bits per heavy atom. The number of hydrogen-bond acceptors (Lipinski definition) is 5. The summed E-state index contributed by atoms with van der Waals surface area (Å²) in [4.78, 5) is 27.9. The highest BCUT2D eigenvalue weighted by molar-refractivity contribution is 7.92. The van der Waals surface area contributed by atoms with Gasteiger partial charge in [-0.25, -0.2) is 8.42 Å². The molecule has 0 bridgehead atoms. The number of amides is 2. The van der Waals surface area contributed by atoms with Crippen LogP contribution in [-0.2, 0) is 26.2 Å². The second-order valence-electron chi connectivity index (χ2n) is 8.70. The van der Waals surface area contributed by atoms with Gasteiger partial charge in [0, 0.05) is 12.6 Å². The average Bonchev–Trinajstić information content (AvgIpc) is 2.81. The molecular formula is C26H37N3O5S. The lowest BCUT2D eigenvalue weighted by molar-refractivity contribution is -0.139. The molecule has 2 aromatic rings. The lowest BCUT2D eigenvalue weighted by atomic mass is 10.1. The summed E-state index contributed by atoms with van der Waals surface area (Å²) in [5.74, 6) is -0.157. The predicted octanol–water partition coefficient (Wildman–Crippen LogP) is 3.49. The van der Waals surface area contributed by atoms with Crippen LogP contribution in [0.5, 0.6) is 5.75 Å². The number of carbonyl (C=O) groups is 2. The summed E-state index contributed by atoms with van der Waals surface area (Å²) in [6.45, 7) is 9.57. The fraction of sp³-hybridized carbons (Fsp3) is 0.462. The van der Waals surface area contributed by atoms with Crippen LogP contribution in [0.1, 0.15) is 45.2 Å². The minimum atomic E-state index is -3.77. The zero-order chi connectivity index (χ0) is 26.2. The van der Waals surface area contributed by atoms with Gasteiger partial charge in [0.15, 0.2) is 0 Å². The van der Waals surface area contributed by atoms with E-state index in [1.54, 1.807) is 31.2 Å². The summed E-state index contributed by atoms with van der Waals surface area (Å²) in [5.41, 5.74) is 2.27. The van der Waals surface area contributed by atoms with Crippen molar-refractivity contribution in [2.45, 2.75) is 59.7 Å². The minimum absolute atomic E-state index is 0.0438. The molecule has 2 aromatic carbocycles. The van der Waals surface area contributed by atoms with Crippen LogP contribution in [0, 0.1) is 6.92 Å². The zero-order valence-corrected chi connectivity index (χ0v) is 22.3. The van der Waals surface area contributed by atoms with E-state index in [9.17, 15) is 18.0 Å². The van der Waals surface area contributed by atoms with Gasteiger partial charge < -0.3 is 15.0 Å². The molecule has 0 radical (unpaired) electrons. The zero-order valence-electron chi connectivity index (χ0n) is 21.4. The van der Waals surface area contributed by atoms with Gasteiger partial charge in [-0.15, -0.1) is 0 Å². The maximum absolute atomic E-state index is 13.5. The van der Waals surface area contributed by atoms with E-state index in [2.05, 4.69) is 5.32 Å². The van der Waals surface area contributed by atoms with Crippen molar-refractivity contribution in [3.63, 3.8) is 0 Å². The van der Waals surface area contributed by atoms with Crippen LogP contribution in [-0.4, -0.2) is 56.6 Å². The van der Waals surface area contributed by atoms with E-state index in [1.165, 1.54) is 4.90 Å². The Labute approximate surface area is 209 Å². The molecule has 0 saturated heterocycles. The molecule has 192 valence electrons. The number of hydrogen-bond donors (Lipinski definition) is 1. The van der Waals surface area contributed by atoms with Crippen molar-refractivity contribution in [3.8, 4) is 5.75 Å².